The lowest BCUT2D eigenvalue weighted by atomic mass is 10.0. The Morgan fingerprint density at radius 1 is 1.00 bits per heavy atom. The molecule has 7 nitrogen and oxygen atoms in total. The minimum Gasteiger partial charge on any atom is -0.369 e. The van der Waals surface area contributed by atoms with Gasteiger partial charge in [-0.1, -0.05) is 23.7 Å². The van der Waals surface area contributed by atoms with Gasteiger partial charge in [-0.25, -0.2) is 14.4 Å². The first-order chi connectivity index (χ1) is 15.1. The maximum atomic E-state index is 13.1. The van der Waals surface area contributed by atoms with Gasteiger partial charge in [0.25, 0.3) is 5.91 Å². The molecule has 1 fully saturated rings. The van der Waals surface area contributed by atoms with E-state index in [1.54, 1.807) is 23.5 Å². The number of fused-ring (bicyclic) bond motifs is 1. The summed E-state index contributed by atoms with van der Waals surface area (Å²) in [6.45, 7) is 3.69. The summed E-state index contributed by atoms with van der Waals surface area (Å²) >= 11 is 5.97. The molecule has 1 saturated heterocycles. The Morgan fingerprint density at radius 2 is 1.71 bits per heavy atom. The van der Waals surface area contributed by atoms with Crippen molar-refractivity contribution in [2.75, 3.05) is 37.7 Å². The average molecular weight is 441 g/mol. The topological polar surface area (TPSA) is 54.8 Å². The highest BCUT2D eigenvalue weighted by molar-refractivity contribution is 6.30. The van der Waals surface area contributed by atoms with Gasteiger partial charge in [0, 0.05) is 43.3 Å². The summed E-state index contributed by atoms with van der Waals surface area (Å²) in [7, 11) is 0. The minimum absolute atomic E-state index is 0.0452. The highest BCUT2D eigenvalue weighted by atomic mass is 35.5. The van der Waals surface area contributed by atoms with Crippen molar-refractivity contribution < 1.29 is 9.18 Å². The Bertz CT molecular complexity index is 1020. The highest BCUT2D eigenvalue weighted by Crippen LogP contribution is 2.25. The zero-order valence-corrected chi connectivity index (χ0v) is 17.6. The van der Waals surface area contributed by atoms with E-state index in [0.29, 0.717) is 18.1 Å². The molecule has 2 aromatic carbocycles. The van der Waals surface area contributed by atoms with Crippen molar-refractivity contribution >= 4 is 35.2 Å². The standard InChI is InChI=1S/C22H22ClFN6O/c23-17-3-1-16(2-4-17)20-13-21-22(31)30(25-14-29(21)26-20)15-27-9-11-28(12-10-27)19-7-5-18(24)6-8-19/h1-8,14,21H,9-13,15H2. The maximum Gasteiger partial charge on any atom is 0.269 e. The monoisotopic (exact) mass is 440 g/mol. The van der Waals surface area contributed by atoms with E-state index in [0.717, 1.165) is 43.1 Å². The largest absolute Gasteiger partial charge is 0.369 e. The summed E-state index contributed by atoms with van der Waals surface area (Å²) < 4.78 is 13.1. The van der Waals surface area contributed by atoms with E-state index in [2.05, 4.69) is 20.0 Å². The predicted octanol–water partition coefficient (Wildman–Crippen LogP) is 2.82. The number of rotatable bonds is 4. The van der Waals surface area contributed by atoms with Gasteiger partial charge in [-0.05, 0) is 42.0 Å². The molecule has 3 aliphatic heterocycles. The fourth-order valence-corrected chi connectivity index (χ4v) is 4.22. The molecule has 160 valence electrons. The van der Waals surface area contributed by atoms with E-state index in [1.165, 1.54) is 17.1 Å². The van der Waals surface area contributed by atoms with Gasteiger partial charge in [0.05, 0.1) is 12.4 Å². The second kappa shape index (κ2) is 8.28. The highest BCUT2D eigenvalue weighted by Gasteiger charge is 2.38. The van der Waals surface area contributed by atoms with Gasteiger partial charge in [0.15, 0.2) is 0 Å². The third-order valence-electron chi connectivity index (χ3n) is 5.87. The smallest absolute Gasteiger partial charge is 0.269 e. The van der Waals surface area contributed by atoms with Crippen molar-refractivity contribution in [3.05, 3.63) is 64.9 Å². The van der Waals surface area contributed by atoms with Gasteiger partial charge in [-0.15, -0.1) is 0 Å². The molecule has 0 N–H and O–H groups in total. The van der Waals surface area contributed by atoms with Crippen LogP contribution in [-0.4, -0.2) is 71.8 Å². The maximum absolute atomic E-state index is 13.1. The third kappa shape index (κ3) is 4.13. The van der Waals surface area contributed by atoms with Gasteiger partial charge in [-0.2, -0.15) is 10.2 Å². The number of carbonyl (C=O) groups excluding carboxylic acids is 1. The summed E-state index contributed by atoms with van der Waals surface area (Å²) in [6, 6.07) is 13.7. The third-order valence-corrected chi connectivity index (χ3v) is 6.12. The normalized spacial score (nSPS) is 21.5. The number of halogens is 2. The number of carbonyl (C=O) groups is 1. The van der Waals surface area contributed by atoms with Crippen LogP contribution in [0.25, 0.3) is 0 Å². The van der Waals surface area contributed by atoms with Crippen LogP contribution in [0.3, 0.4) is 0 Å². The number of amides is 1. The van der Waals surface area contributed by atoms with Gasteiger partial charge in [0.2, 0.25) is 0 Å². The fourth-order valence-electron chi connectivity index (χ4n) is 4.09. The molecule has 0 aromatic heterocycles. The second-order valence-corrected chi connectivity index (χ2v) is 8.28. The van der Waals surface area contributed by atoms with Gasteiger partial charge in [0.1, 0.15) is 18.2 Å². The van der Waals surface area contributed by atoms with Crippen molar-refractivity contribution in [3.63, 3.8) is 0 Å². The first kappa shape index (κ1) is 20.0. The number of hydrogen-bond acceptors (Lipinski definition) is 6. The Labute approximate surface area is 185 Å². The van der Waals surface area contributed by atoms with Crippen molar-refractivity contribution in [1.29, 1.82) is 0 Å². The molecule has 2 aromatic rings. The molecule has 3 heterocycles. The Balaban J connectivity index is 1.18. The lowest BCUT2D eigenvalue weighted by Crippen LogP contribution is -2.54. The summed E-state index contributed by atoms with van der Waals surface area (Å²) in [6.07, 6.45) is 2.17. The zero-order valence-electron chi connectivity index (χ0n) is 16.9. The quantitative estimate of drug-likeness (QED) is 0.733. The molecule has 5 rings (SSSR count). The SMILES string of the molecule is O=C1C2CC(c3ccc(Cl)cc3)=NN2C=NN1CN1CCN(c2ccc(F)cc2)CC1. The van der Waals surface area contributed by atoms with Crippen LogP contribution in [0, 0.1) is 5.82 Å². The second-order valence-electron chi connectivity index (χ2n) is 7.85. The number of piperazine rings is 1. The fraction of sp³-hybridized carbons (Fsp3) is 0.318. The number of anilines is 1. The van der Waals surface area contributed by atoms with Crippen molar-refractivity contribution in [1.82, 2.24) is 14.9 Å². The van der Waals surface area contributed by atoms with E-state index in [4.69, 9.17) is 11.6 Å². The lowest BCUT2D eigenvalue weighted by Gasteiger charge is -2.38. The summed E-state index contributed by atoms with van der Waals surface area (Å²) in [4.78, 5) is 17.5. The molecule has 31 heavy (non-hydrogen) atoms. The number of hydrazone groups is 2. The number of hydrogen-bond donors (Lipinski definition) is 0. The molecule has 0 aliphatic carbocycles. The Hall–Kier alpha value is -2.97. The zero-order chi connectivity index (χ0) is 21.4. The molecule has 1 amide bonds. The Morgan fingerprint density at radius 3 is 2.42 bits per heavy atom. The summed E-state index contributed by atoms with van der Waals surface area (Å²) in [5, 5.41) is 12.7. The molecule has 0 spiro atoms. The van der Waals surface area contributed by atoms with Crippen LogP contribution < -0.4 is 4.90 Å². The Kier molecular flexibility index (Phi) is 5.33. The van der Waals surface area contributed by atoms with Crippen LogP contribution in [-0.2, 0) is 4.79 Å². The molecular weight excluding hydrogens is 419 g/mol. The van der Waals surface area contributed by atoms with Crippen molar-refractivity contribution in [3.8, 4) is 0 Å². The van der Waals surface area contributed by atoms with Crippen molar-refractivity contribution in [2.45, 2.75) is 12.5 Å². The lowest BCUT2D eigenvalue weighted by molar-refractivity contribution is -0.138. The summed E-state index contributed by atoms with van der Waals surface area (Å²) in [5.41, 5.74) is 2.83. The van der Waals surface area contributed by atoms with Crippen LogP contribution in [0.4, 0.5) is 10.1 Å². The number of benzene rings is 2. The first-order valence-corrected chi connectivity index (χ1v) is 10.6. The molecule has 3 aliphatic rings. The molecule has 0 saturated carbocycles. The van der Waals surface area contributed by atoms with E-state index in [9.17, 15) is 9.18 Å². The minimum atomic E-state index is -0.358. The van der Waals surface area contributed by atoms with Gasteiger partial charge < -0.3 is 4.90 Å². The molecule has 1 atom stereocenters. The van der Waals surface area contributed by atoms with E-state index in [-0.39, 0.29) is 17.8 Å². The summed E-state index contributed by atoms with van der Waals surface area (Å²) in [5.74, 6) is -0.274. The molecule has 0 radical (unpaired) electrons. The average Bonchev–Trinajstić information content (AvgIpc) is 3.23. The van der Waals surface area contributed by atoms with Crippen molar-refractivity contribution in [2.24, 2.45) is 10.2 Å². The van der Waals surface area contributed by atoms with Crippen LogP contribution in [0.2, 0.25) is 5.02 Å². The molecule has 9 heteroatoms. The van der Waals surface area contributed by atoms with Crippen LogP contribution in [0.15, 0.2) is 58.7 Å². The van der Waals surface area contributed by atoms with Crippen LogP contribution in [0.1, 0.15) is 12.0 Å². The molecular formula is C22H22ClFN6O. The molecule has 0 bridgehead atoms. The predicted molar refractivity (Wildman–Crippen MR) is 119 cm³/mol. The molecule has 1 unspecified atom stereocenters. The van der Waals surface area contributed by atoms with E-state index in [1.807, 2.05) is 24.3 Å². The van der Waals surface area contributed by atoms with Gasteiger partial charge >= 0.3 is 0 Å². The number of nitrogens with zero attached hydrogens (tertiary/aromatic N) is 6. The van der Waals surface area contributed by atoms with E-state index < -0.39 is 0 Å². The van der Waals surface area contributed by atoms with E-state index >= 15 is 0 Å². The van der Waals surface area contributed by atoms with Crippen LogP contribution >= 0.6 is 11.6 Å². The van der Waals surface area contributed by atoms with Crippen LogP contribution in [0.5, 0.6) is 0 Å². The first-order valence-electron chi connectivity index (χ1n) is 10.3. The van der Waals surface area contributed by atoms with Gasteiger partial charge in [-0.3, -0.25) is 9.69 Å².